The third-order valence-electron chi connectivity index (χ3n) is 3.31. The van der Waals surface area contributed by atoms with Crippen LogP contribution in [-0.2, 0) is 14.8 Å². The fraction of sp³-hybridized carbons (Fsp3) is 0.417. The molecule has 1 amide bonds. The van der Waals surface area contributed by atoms with Gasteiger partial charge in [0.05, 0.1) is 4.90 Å². The molecule has 1 saturated heterocycles. The van der Waals surface area contributed by atoms with Gasteiger partial charge < -0.3 is 10.8 Å². The number of phenolic OH excluding ortho intramolecular Hbond substituents is 1. The molecule has 1 aliphatic heterocycles. The number of benzene rings is 1. The number of aromatic hydroxyl groups is 1. The van der Waals surface area contributed by atoms with E-state index >= 15 is 0 Å². The predicted molar refractivity (Wildman–Crippen MR) is 68.8 cm³/mol. The van der Waals surface area contributed by atoms with Crippen LogP contribution in [0.1, 0.15) is 12.8 Å². The molecule has 104 valence electrons. The highest BCUT2D eigenvalue weighted by Gasteiger charge is 2.31. The van der Waals surface area contributed by atoms with Crippen LogP contribution in [0.2, 0.25) is 0 Å². The van der Waals surface area contributed by atoms with Crippen LogP contribution in [-0.4, -0.2) is 36.8 Å². The van der Waals surface area contributed by atoms with E-state index in [-0.39, 0.29) is 35.6 Å². The van der Waals surface area contributed by atoms with Crippen molar-refractivity contribution in [2.45, 2.75) is 17.7 Å². The van der Waals surface area contributed by atoms with Gasteiger partial charge in [0.15, 0.2) is 0 Å². The molecule has 0 bridgehead atoms. The van der Waals surface area contributed by atoms with Crippen molar-refractivity contribution in [3.8, 4) is 5.75 Å². The molecule has 1 aromatic rings. The maximum Gasteiger partial charge on any atom is 0.243 e. The Morgan fingerprint density at radius 3 is 2.47 bits per heavy atom. The fourth-order valence-electron chi connectivity index (χ4n) is 2.17. The van der Waals surface area contributed by atoms with E-state index in [1.54, 1.807) is 0 Å². The summed E-state index contributed by atoms with van der Waals surface area (Å²) >= 11 is 0. The minimum absolute atomic E-state index is 0.0602. The van der Waals surface area contributed by atoms with Crippen molar-refractivity contribution in [1.82, 2.24) is 4.31 Å². The summed E-state index contributed by atoms with van der Waals surface area (Å²) in [6.45, 7) is 0.539. The number of hydrogen-bond donors (Lipinski definition) is 2. The minimum Gasteiger partial charge on any atom is -0.508 e. The maximum absolute atomic E-state index is 12.3. The van der Waals surface area contributed by atoms with Crippen LogP contribution in [0.3, 0.4) is 0 Å². The average Bonchev–Trinajstić information content (AvgIpc) is 2.39. The Bertz CT molecular complexity index is 577. The molecular weight excluding hydrogens is 268 g/mol. The summed E-state index contributed by atoms with van der Waals surface area (Å²) in [5.41, 5.74) is 5.21. The molecule has 3 N–H and O–H groups in total. The quantitative estimate of drug-likeness (QED) is 0.832. The third-order valence-corrected chi connectivity index (χ3v) is 5.21. The predicted octanol–water partition coefficient (Wildman–Crippen LogP) is 0.278. The van der Waals surface area contributed by atoms with Crippen LogP contribution in [0.15, 0.2) is 29.2 Å². The van der Waals surface area contributed by atoms with E-state index in [4.69, 9.17) is 5.73 Å². The topological polar surface area (TPSA) is 101 Å². The molecule has 7 heteroatoms. The van der Waals surface area contributed by atoms with Crippen molar-refractivity contribution in [3.05, 3.63) is 24.3 Å². The largest absolute Gasteiger partial charge is 0.508 e. The monoisotopic (exact) mass is 284 g/mol. The Labute approximate surface area is 111 Å². The van der Waals surface area contributed by atoms with Crippen LogP contribution in [0.4, 0.5) is 0 Å². The normalized spacial score (nSPS) is 18.3. The number of phenols is 1. The molecule has 0 unspecified atom stereocenters. The van der Waals surface area contributed by atoms with Crippen molar-refractivity contribution in [2.75, 3.05) is 13.1 Å². The summed E-state index contributed by atoms with van der Waals surface area (Å²) in [6.07, 6.45) is 0.876. The van der Waals surface area contributed by atoms with E-state index in [0.29, 0.717) is 12.8 Å². The van der Waals surface area contributed by atoms with Gasteiger partial charge >= 0.3 is 0 Å². The zero-order valence-corrected chi connectivity index (χ0v) is 11.1. The SMILES string of the molecule is NC(=O)C1CCN(S(=O)(=O)c2cccc(O)c2)CC1. The van der Waals surface area contributed by atoms with Gasteiger partial charge in [-0.2, -0.15) is 4.31 Å². The van der Waals surface area contributed by atoms with Crippen molar-refractivity contribution in [2.24, 2.45) is 11.7 Å². The van der Waals surface area contributed by atoms with E-state index < -0.39 is 10.0 Å². The average molecular weight is 284 g/mol. The molecule has 6 nitrogen and oxygen atoms in total. The molecule has 0 spiro atoms. The van der Waals surface area contributed by atoms with Crippen molar-refractivity contribution in [1.29, 1.82) is 0 Å². The summed E-state index contributed by atoms with van der Waals surface area (Å²) in [5.74, 6) is -0.724. The number of piperidine rings is 1. The highest BCUT2D eigenvalue weighted by molar-refractivity contribution is 7.89. The lowest BCUT2D eigenvalue weighted by atomic mass is 9.98. The zero-order chi connectivity index (χ0) is 14.0. The standard InChI is InChI=1S/C12H16N2O4S/c13-12(16)9-4-6-14(7-5-9)19(17,18)11-3-1-2-10(15)8-11/h1-3,8-9,15H,4-7H2,(H2,13,16). The molecule has 1 aliphatic rings. The summed E-state index contributed by atoms with van der Waals surface area (Å²) in [7, 11) is -3.61. The first-order chi connectivity index (χ1) is 8.91. The second-order valence-corrected chi connectivity index (χ2v) is 6.52. The number of rotatable bonds is 3. The second kappa shape index (κ2) is 5.18. The van der Waals surface area contributed by atoms with Gasteiger partial charge in [-0.05, 0) is 31.0 Å². The van der Waals surface area contributed by atoms with Gasteiger partial charge in [-0.25, -0.2) is 8.42 Å². The summed E-state index contributed by atoms with van der Waals surface area (Å²) in [4.78, 5) is 11.1. The number of amides is 1. The highest BCUT2D eigenvalue weighted by Crippen LogP contribution is 2.25. The fourth-order valence-corrected chi connectivity index (χ4v) is 3.68. The Kier molecular flexibility index (Phi) is 3.77. The van der Waals surface area contributed by atoms with Gasteiger partial charge in [0, 0.05) is 19.0 Å². The zero-order valence-electron chi connectivity index (χ0n) is 10.3. The molecule has 19 heavy (non-hydrogen) atoms. The van der Waals surface area contributed by atoms with E-state index in [1.165, 1.54) is 28.6 Å². The highest BCUT2D eigenvalue weighted by atomic mass is 32.2. The third kappa shape index (κ3) is 2.87. The molecule has 2 rings (SSSR count). The van der Waals surface area contributed by atoms with Gasteiger partial charge in [0.25, 0.3) is 0 Å². The van der Waals surface area contributed by atoms with E-state index in [2.05, 4.69) is 0 Å². The van der Waals surface area contributed by atoms with Crippen LogP contribution < -0.4 is 5.73 Å². The molecule has 0 aliphatic carbocycles. The number of nitrogens with two attached hydrogens (primary N) is 1. The molecule has 0 aromatic heterocycles. The van der Waals surface area contributed by atoms with Crippen LogP contribution >= 0.6 is 0 Å². The lowest BCUT2D eigenvalue weighted by Crippen LogP contribution is -2.41. The molecule has 0 atom stereocenters. The second-order valence-electron chi connectivity index (χ2n) is 4.58. The van der Waals surface area contributed by atoms with E-state index in [0.717, 1.165) is 0 Å². The Morgan fingerprint density at radius 1 is 1.32 bits per heavy atom. The first kappa shape index (κ1) is 13.8. The number of nitrogens with zero attached hydrogens (tertiary/aromatic N) is 1. The van der Waals surface area contributed by atoms with Crippen LogP contribution in [0.5, 0.6) is 5.75 Å². The lowest BCUT2D eigenvalue weighted by molar-refractivity contribution is -0.122. The number of carbonyl (C=O) groups excluding carboxylic acids is 1. The Balaban J connectivity index is 2.16. The van der Waals surface area contributed by atoms with E-state index in [1.807, 2.05) is 0 Å². The maximum atomic E-state index is 12.3. The molecule has 1 fully saturated rings. The Morgan fingerprint density at radius 2 is 1.95 bits per heavy atom. The summed E-state index contributed by atoms with van der Waals surface area (Å²) in [5, 5.41) is 9.35. The summed E-state index contributed by atoms with van der Waals surface area (Å²) < 4.78 is 25.9. The van der Waals surface area contributed by atoms with Crippen molar-refractivity contribution >= 4 is 15.9 Å². The van der Waals surface area contributed by atoms with Gasteiger partial charge in [-0.15, -0.1) is 0 Å². The van der Waals surface area contributed by atoms with Gasteiger partial charge in [-0.3, -0.25) is 4.79 Å². The molecule has 0 radical (unpaired) electrons. The smallest absolute Gasteiger partial charge is 0.243 e. The number of sulfonamides is 1. The lowest BCUT2D eigenvalue weighted by Gasteiger charge is -2.29. The first-order valence-corrected chi connectivity index (χ1v) is 7.44. The summed E-state index contributed by atoms with van der Waals surface area (Å²) in [6, 6.07) is 5.56. The first-order valence-electron chi connectivity index (χ1n) is 6.00. The Hall–Kier alpha value is -1.60. The number of primary amides is 1. The van der Waals surface area contributed by atoms with Crippen LogP contribution in [0, 0.1) is 5.92 Å². The van der Waals surface area contributed by atoms with Crippen LogP contribution in [0.25, 0.3) is 0 Å². The van der Waals surface area contributed by atoms with Gasteiger partial charge in [0.2, 0.25) is 15.9 Å². The molecule has 0 saturated carbocycles. The number of carbonyl (C=O) groups is 1. The van der Waals surface area contributed by atoms with Crippen molar-refractivity contribution < 1.29 is 18.3 Å². The molecule has 1 aromatic carbocycles. The molecule has 1 heterocycles. The number of hydrogen-bond acceptors (Lipinski definition) is 4. The van der Waals surface area contributed by atoms with Gasteiger partial charge in [0.1, 0.15) is 5.75 Å². The minimum atomic E-state index is -3.61. The van der Waals surface area contributed by atoms with E-state index in [9.17, 15) is 18.3 Å². The van der Waals surface area contributed by atoms with Crippen molar-refractivity contribution in [3.63, 3.8) is 0 Å². The molecular formula is C12H16N2O4S. The van der Waals surface area contributed by atoms with Gasteiger partial charge in [-0.1, -0.05) is 6.07 Å².